The normalized spacial score (nSPS) is 12.9. The van der Waals surface area contributed by atoms with Gasteiger partial charge in [0, 0.05) is 12.0 Å². The molecule has 0 aliphatic carbocycles. The molecule has 19 heavy (non-hydrogen) atoms. The Morgan fingerprint density at radius 3 is 2.89 bits per heavy atom. The van der Waals surface area contributed by atoms with Gasteiger partial charge < -0.3 is 9.84 Å². The molecule has 0 saturated carbocycles. The summed E-state index contributed by atoms with van der Waals surface area (Å²) in [5.74, 6) is -0.982. The van der Waals surface area contributed by atoms with Gasteiger partial charge in [-0.2, -0.15) is 0 Å². The van der Waals surface area contributed by atoms with Crippen molar-refractivity contribution in [1.29, 1.82) is 0 Å². The number of hydrogen-bond donors (Lipinski definition) is 1. The molecular weight excluding hydrogens is 247 g/mol. The standard InChI is InChI=1S/C15H11FO3/c16-12-7-10(6-11(8-12)15(17)18)13-3-1-2-9-4-5-19-14(9)13/h1-3,6-8H,4-5H2,(H,17,18). The van der Waals surface area contributed by atoms with Crippen LogP contribution in [0.5, 0.6) is 5.75 Å². The number of carboxylic acids is 1. The number of rotatable bonds is 2. The van der Waals surface area contributed by atoms with Crippen molar-refractivity contribution in [3.63, 3.8) is 0 Å². The van der Waals surface area contributed by atoms with Crippen molar-refractivity contribution in [3.8, 4) is 16.9 Å². The van der Waals surface area contributed by atoms with Crippen LogP contribution in [0.3, 0.4) is 0 Å². The lowest BCUT2D eigenvalue weighted by molar-refractivity contribution is 0.0696. The summed E-state index contributed by atoms with van der Waals surface area (Å²) in [6.45, 7) is 0.605. The third-order valence-electron chi connectivity index (χ3n) is 3.17. The van der Waals surface area contributed by atoms with Gasteiger partial charge in [-0.05, 0) is 29.3 Å². The monoisotopic (exact) mass is 258 g/mol. The van der Waals surface area contributed by atoms with E-state index >= 15 is 0 Å². The zero-order valence-electron chi connectivity index (χ0n) is 10.0. The van der Waals surface area contributed by atoms with Crippen molar-refractivity contribution < 1.29 is 19.0 Å². The van der Waals surface area contributed by atoms with Crippen molar-refractivity contribution in [1.82, 2.24) is 0 Å². The van der Waals surface area contributed by atoms with Crippen molar-refractivity contribution >= 4 is 5.97 Å². The van der Waals surface area contributed by atoms with E-state index in [2.05, 4.69) is 0 Å². The summed E-state index contributed by atoms with van der Waals surface area (Å²) in [6, 6.07) is 9.43. The molecule has 0 bridgehead atoms. The minimum Gasteiger partial charge on any atom is -0.492 e. The zero-order valence-corrected chi connectivity index (χ0v) is 10.0. The van der Waals surface area contributed by atoms with Crippen LogP contribution in [-0.4, -0.2) is 17.7 Å². The van der Waals surface area contributed by atoms with Gasteiger partial charge in [-0.15, -0.1) is 0 Å². The minimum atomic E-state index is -1.14. The lowest BCUT2D eigenvalue weighted by Crippen LogP contribution is -1.98. The molecule has 3 rings (SSSR count). The van der Waals surface area contributed by atoms with Crippen LogP contribution in [0.25, 0.3) is 11.1 Å². The summed E-state index contributed by atoms with van der Waals surface area (Å²) in [5, 5.41) is 8.98. The molecule has 0 atom stereocenters. The molecular formula is C15H11FO3. The van der Waals surface area contributed by atoms with Gasteiger partial charge in [0.25, 0.3) is 0 Å². The van der Waals surface area contributed by atoms with Crippen LogP contribution in [0.4, 0.5) is 4.39 Å². The van der Waals surface area contributed by atoms with Gasteiger partial charge in [-0.1, -0.05) is 18.2 Å². The number of carbonyl (C=O) groups is 1. The minimum absolute atomic E-state index is 0.0643. The predicted molar refractivity (Wildman–Crippen MR) is 68.0 cm³/mol. The maximum atomic E-state index is 13.5. The third kappa shape index (κ3) is 2.05. The highest BCUT2D eigenvalue weighted by Gasteiger charge is 2.18. The fraction of sp³-hybridized carbons (Fsp3) is 0.133. The Balaban J connectivity index is 2.17. The summed E-state index contributed by atoms with van der Waals surface area (Å²) in [4.78, 5) is 11.0. The van der Waals surface area contributed by atoms with E-state index in [1.807, 2.05) is 18.2 Å². The summed E-state index contributed by atoms with van der Waals surface area (Å²) in [5.41, 5.74) is 2.26. The van der Waals surface area contributed by atoms with Gasteiger partial charge in [0.15, 0.2) is 0 Å². The predicted octanol–water partition coefficient (Wildman–Crippen LogP) is 3.13. The van der Waals surface area contributed by atoms with E-state index in [4.69, 9.17) is 9.84 Å². The van der Waals surface area contributed by atoms with E-state index in [-0.39, 0.29) is 5.56 Å². The van der Waals surface area contributed by atoms with E-state index in [1.54, 1.807) is 0 Å². The second-order valence-electron chi connectivity index (χ2n) is 4.43. The van der Waals surface area contributed by atoms with Crippen molar-refractivity contribution in [3.05, 3.63) is 53.3 Å². The molecule has 3 nitrogen and oxygen atoms in total. The van der Waals surface area contributed by atoms with E-state index in [0.29, 0.717) is 12.2 Å². The Morgan fingerprint density at radius 1 is 1.26 bits per heavy atom. The maximum absolute atomic E-state index is 13.5. The molecule has 2 aromatic rings. The second-order valence-corrected chi connectivity index (χ2v) is 4.43. The highest BCUT2D eigenvalue weighted by Crippen LogP contribution is 2.37. The zero-order chi connectivity index (χ0) is 13.4. The van der Waals surface area contributed by atoms with Crippen LogP contribution in [0.1, 0.15) is 15.9 Å². The van der Waals surface area contributed by atoms with Crippen LogP contribution >= 0.6 is 0 Å². The van der Waals surface area contributed by atoms with Crippen molar-refractivity contribution in [2.24, 2.45) is 0 Å². The lowest BCUT2D eigenvalue weighted by Gasteiger charge is -2.09. The quantitative estimate of drug-likeness (QED) is 0.900. The number of benzene rings is 2. The fourth-order valence-electron chi connectivity index (χ4n) is 2.31. The van der Waals surface area contributed by atoms with Gasteiger partial charge >= 0.3 is 5.97 Å². The molecule has 96 valence electrons. The first-order valence-corrected chi connectivity index (χ1v) is 5.94. The van der Waals surface area contributed by atoms with E-state index in [0.717, 1.165) is 29.4 Å². The Kier molecular flexibility index (Phi) is 2.71. The lowest BCUT2D eigenvalue weighted by atomic mass is 9.99. The molecule has 0 saturated heterocycles. The first kappa shape index (κ1) is 11.7. The molecule has 0 unspecified atom stereocenters. The van der Waals surface area contributed by atoms with Crippen molar-refractivity contribution in [2.45, 2.75) is 6.42 Å². The molecule has 0 aromatic heterocycles. The SMILES string of the molecule is O=C(O)c1cc(F)cc(-c2cccc3c2OCC3)c1. The molecule has 1 aliphatic rings. The molecule has 0 radical (unpaired) electrons. The molecule has 2 aromatic carbocycles. The molecule has 1 aliphatic heterocycles. The third-order valence-corrected chi connectivity index (χ3v) is 3.17. The van der Waals surface area contributed by atoms with Crippen LogP contribution in [0, 0.1) is 5.82 Å². The van der Waals surface area contributed by atoms with Gasteiger partial charge in [-0.25, -0.2) is 9.18 Å². The van der Waals surface area contributed by atoms with Crippen LogP contribution in [0.2, 0.25) is 0 Å². The maximum Gasteiger partial charge on any atom is 0.335 e. The number of halogens is 1. The fourth-order valence-corrected chi connectivity index (χ4v) is 2.31. The van der Waals surface area contributed by atoms with E-state index < -0.39 is 11.8 Å². The van der Waals surface area contributed by atoms with Gasteiger partial charge in [-0.3, -0.25) is 0 Å². The van der Waals surface area contributed by atoms with Crippen molar-refractivity contribution in [2.75, 3.05) is 6.61 Å². The summed E-state index contributed by atoms with van der Waals surface area (Å²) in [7, 11) is 0. The van der Waals surface area contributed by atoms with Crippen LogP contribution in [0.15, 0.2) is 36.4 Å². The molecule has 0 spiro atoms. The van der Waals surface area contributed by atoms with E-state index in [9.17, 15) is 9.18 Å². The topological polar surface area (TPSA) is 46.5 Å². The Labute approximate surface area is 109 Å². The Bertz CT molecular complexity index is 664. The smallest absolute Gasteiger partial charge is 0.335 e. The first-order valence-electron chi connectivity index (χ1n) is 5.94. The summed E-state index contributed by atoms with van der Waals surface area (Å²) in [6.07, 6.45) is 0.824. The van der Waals surface area contributed by atoms with Crippen LogP contribution in [-0.2, 0) is 6.42 Å². The first-order chi connectivity index (χ1) is 9.15. The highest BCUT2D eigenvalue weighted by atomic mass is 19.1. The van der Waals surface area contributed by atoms with Gasteiger partial charge in [0.2, 0.25) is 0 Å². The molecule has 4 heteroatoms. The molecule has 0 amide bonds. The number of hydrogen-bond acceptors (Lipinski definition) is 2. The average Bonchev–Trinajstić information content (AvgIpc) is 2.85. The summed E-state index contributed by atoms with van der Waals surface area (Å²) < 4.78 is 19.1. The number of para-hydroxylation sites is 1. The number of carboxylic acid groups (broad SMARTS) is 1. The molecule has 1 heterocycles. The Morgan fingerprint density at radius 2 is 2.11 bits per heavy atom. The van der Waals surface area contributed by atoms with E-state index in [1.165, 1.54) is 12.1 Å². The van der Waals surface area contributed by atoms with Gasteiger partial charge in [0.1, 0.15) is 11.6 Å². The Hall–Kier alpha value is -2.36. The number of ether oxygens (including phenoxy) is 1. The highest BCUT2D eigenvalue weighted by molar-refractivity contribution is 5.90. The summed E-state index contributed by atoms with van der Waals surface area (Å²) >= 11 is 0. The van der Waals surface area contributed by atoms with Crippen LogP contribution < -0.4 is 4.74 Å². The number of aromatic carboxylic acids is 1. The molecule has 0 fully saturated rings. The largest absolute Gasteiger partial charge is 0.492 e. The second kappa shape index (κ2) is 4.39. The average molecular weight is 258 g/mol. The number of fused-ring (bicyclic) bond motifs is 1. The van der Waals surface area contributed by atoms with Gasteiger partial charge in [0.05, 0.1) is 12.2 Å². The molecule has 1 N–H and O–H groups in total.